The van der Waals surface area contributed by atoms with Crippen molar-refractivity contribution in [2.45, 2.75) is 58.3 Å². The molecule has 0 aromatic carbocycles. The van der Waals surface area contributed by atoms with Crippen LogP contribution in [-0.4, -0.2) is 27.2 Å². The number of ether oxygens (including phenoxy) is 1. The van der Waals surface area contributed by atoms with Crippen molar-refractivity contribution in [3.63, 3.8) is 0 Å². The molecule has 0 heterocycles. The maximum absolute atomic E-state index is 11.4. The van der Waals surface area contributed by atoms with E-state index in [1.807, 2.05) is 6.08 Å². The van der Waals surface area contributed by atoms with Crippen LogP contribution in [0.25, 0.3) is 0 Å². The molecule has 0 unspecified atom stereocenters. The molecule has 0 N–H and O–H groups in total. The molecule has 5 nitrogen and oxygen atoms in total. The molecule has 0 fully saturated rings. The second kappa shape index (κ2) is 12.3. The Balaban J connectivity index is 4.14. The summed E-state index contributed by atoms with van der Waals surface area (Å²) < 4.78 is 32.0. The Bertz CT molecular complexity index is 451. The van der Waals surface area contributed by atoms with Gasteiger partial charge in [0.1, 0.15) is 5.76 Å². The Morgan fingerprint density at radius 1 is 1.09 bits per heavy atom. The molecule has 0 amide bonds. The van der Waals surface area contributed by atoms with Crippen molar-refractivity contribution in [2.75, 3.05) is 12.9 Å². The zero-order chi connectivity index (χ0) is 16.8. The van der Waals surface area contributed by atoms with E-state index >= 15 is 0 Å². The number of hydrogen-bond donors (Lipinski definition) is 0. The Morgan fingerprint density at radius 2 is 1.68 bits per heavy atom. The molecule has 0 aliphatic heterocycles. The number of carbonyl (C=O) groups excluding carboxylic acids is 1. The predicted octanol–water partition coefficient (Wildman–Crippen LogP) is 3.72. The van der Waals surface area contributed by atoms with Gasteiger partial charge in [-0.2, -0.15) is 8.42 Å². The third-order valence-electron chi connectivity index (χ3n) is 2.91. The molecule has 0 aliphatic carbocycles. The standard InChI is InChI=1S/C16H28O5S/c1-4-6-7-8-9-10-11-12-13-15(21-22(3,18)19)14-16(17)20-5-2/h4,14H,1,5-13H2,2-3H3. The summed E-state index contributed by atoms with van der Waals surface area (Å²) in [6.45, 7) is 5.62. The number of carbonyl (C=O) groups is 1. The van der Waals surface area contributed by atoms with Crippen LogP contribution in [0, 0.1) is 0 Å². The number of hydrogen-bond acceptors (Lipinski definition) is 5. The molecule has 0 aromatic rings. The summed E-state index contributed by atoms with van der Waals surface area (Å²) in [7, 11) is -3.63. The third-order valence-corrected chi connectivity index (χ3v) is 3.42. The van der Waals surface area contributed by atoms with E-state index in [0.717, 1.165) is 50.9 Å². The first-order valence-corrected chi connectivity index (χ1v) is 9.58. The SMILES string of the molecule is C=CCCCCCCCCC(=CC(=O)OCC)OS(C)(=O)=O. The van der Waals surface area contributed by atoms with Crippen LogP contribution in [-0.2, 0) is 23.8 Å². The van der Waals surface area contributed by atoms with E-state index in [1.54, 1.807) is 6.92 Å². The van der Waals surface area contributed by atoms with Crippen molar-refractivity contribution >= 4 is 16.1 Å². The number of rotatable bonds is 13. The normalized spacial score (nSPS) is 12.0. The van der Waals surface area contributed by atoms with Gasteiger partial charge >= 0.3 is 16.1 Å². The Kier molecular flexibility index (Phi) is 11.5. The monoisotopic (exact) mass is 332 g/mol. The van der Waals surface area contributed by atoms with Gasteiger partial charge in [0.15, 0.2) is 0 Å². The van der Waals surface area contributed by atoms with E-state index in [9.17, 15) is 13.2 Å². The van der Waals surface area contributed by atoms with Gasteiger partial charge in [0.05, 0.1) is 18.9 Å². The lowest BCUT2D eigenvalue weighted by atomic mass is 10.1. The molecule has 0 aliphatic rings. The van der Waals surface area contributed by atoms with Crippen LogP contribution < -0.4 is 0 Å². The first kappa shape index (κ1) is 20.7. The first-order valence-electron chi connectivity index (χ1n) is 7.76. The maximum Gasteiger partial charge on any atom is 0.334 e. The lowest BCUT2D eigenvalue weighted by Crippen LogP contribution is -2.07. The average Bonchev–Trinajstić information content (AvgIpc) is 2.40. The van der Waals surface area contributed by atoms with Crippen LogP contribution >= 0.6 is 0 Å². The highest BCUT2D eigenvalue weighted by molar-refractivity contribution is 7.86. The molecule has 6 heteroatoms. The molecule has 0 aromatic heterocycles. The van der Waals surface area contributed by atoms with Gasteiger partial charge < -0.3 is 8.92 Å². The van der Waals surface area contributed by atoms with Crippen molar-refractivity contribution < 1.29 is 22.1 Å². The van der Waals surface area contributed by atoms with Crippen LogP contribution in [0.1, 0.15) is 58.3 Å². The smallest absolute Gasteiger partial charge is 0.334 e. The van der Waals surface area contributed by atoms with Crippen LogP contribution in [0.2, 0.25) is 0 Å². The van der Waals surface area contributed by atoms with E-state index < -0.39 is 16.1 Å². The molecule has 0 saturated carbocycles. The molecule has 22 heavy (non-hydrogen) atoms. The molecule has 0 spiro atoms. The number of unbranched alkanes of at least 4 members (excludes halogenated alkanes) is 6. The first-order chi connectivity index (χ1) is 10.4. The number of allylic oxidation sites excluding steroid dienone is 2. The summed E-state index contributed by atoms with van der Waals surface area (Å²) in [6.07, 6.45) is 11.8. The zero-order valence-electron chi connectivity index (χ0n) is 13.7. The molecular formula is C16H28O5S. The lowest BCUT2D eigenvalue weighted by Gasteiger charge is -2.08. The highest BCUT2D eigenvalue weighted by atomic mass is 32.2. The van der Waals surface area contributed by atoms with Gasteiger partial charge in [0.2, 0.25) is 0 Å². The predicted molar refractivity (Wildman–Crippen MR) is 87.8 cm³/mol. The minimum Gasteiger partial charge on any atom is -0.463 e. The molecule has 128 valence electrons. The fraction of sp³-hybridized carbons (Fsp3) is 0.688. The average molecular weight is 332 g/mol. The van der Waals surface area contributed by atoms with Gasteiger partial charge in [-0.15, -0.1) is 6.58 Å². The summed E-state index contributed by atoms with van der Waals surface area (Å²) >= 11 is 0. The van der Waals surface area contributed by atoms with Gasteiger partial charge in [-0.1, -0.05) is 31.8 Å². The zero-order valence-corrected chi connectivity index (χ0v) is 14.5. The van der Waals surface area contributed by atoms with Crippen molar-refractivity contribution in [1.82, 2.24) is 0 Å². The molecule has 0 radical (unpaired) electrons. The Labute approximate surface area is 134 Å². The van der Waals surface area contributed by atoms with Crippen LogP contribution in [0.15, 0.2) is 24.5 Å². The quantitative estimate of drug-likeness (QED) is 0.128. The maximum atomic E-state index is 11.4. The molecule has 0 rings (SSSR count). The second-order valence-electron chi connectivity index (χ2n) is 5.10. The van der Waals surface area contributed by atoms with Gasteiger partial charge in [-0.3, -0.25) is 0 Å². The van der Waals surface area contributed by atoms with Crippen molar-refractivity contribution in [2.24, 2.45) is 0 Å². The third kappa shape index (κ3) is 13.7. The van der Waals surface area contributed by atoms with E-state index in [4.69, 9.17) is 8.92 Å². The topological polar surface area (TPSA) is 69.7 Å². The number of esters is 1. The molecule has 0 bridgehead atoms. The minimum atomic E-state index is -3.63. The summed E-state index contributed by atoms with van der Waals surface area (Å²) in [5.74, 6) is -0.432. The van der Waals surface area contributed by atoms with Crippen LogP contribution in [0.5, 0.6) is 0 Å². The summed E-state index contributed by atoms with van der Waals surface area (Å²) in [4.78, 5) is 11.4. The van der Waals surface area contributed by atoms with Crippen molar-refractivity contribution in [3.05, 3.63) is 24.5 Å². The lowest BCUT2D eigenvalue weighted by molar-refractivity contribution is -0.137. The van der Waals surface area contributed by atoms with Crippen LogP contribution in [0.3, 0.4) is 0 Å². The molecule has 0 saturated heterocycles. The Morgan fingerprint density at radius 3 is 2.23 bits per heavy atom. The summed E-state index contributed by atoms with van der Waals surface area (Å²) in [5, 5.41) is 0. The largest absolute Gasteiger partial charge is 0.463 e. The van der Waals surface area contributed by atoms with Gasteiger partial charge in [-0.25, -0.2) is 4.79 Å². The van der Waals surface area contributed by atoms with Crippen molar-refractivity contribution in [1.29, 1.82) is 0 Å². The van der Waals surface area contributed by atoms with Crippen LogP contribution in [0.4, 0.5) is 0 Å². The van der Waals surface area contributed by atoms with E-state index in [-0.39, 0.29) is 12.4 Å². The van der Waals surface area contributed by atoms with E-state index in [0.29, 0.717) is 6.42 Å². The highest BCUT2D eigenvalue weighted by Gasteiger charge is 2.10. The van der Waals surface area contributed by atoms with Gasteiger partial charge in [0.25, 0.3) is 0 Å². The highest BCUT2D eigenvalue weighted by Crippen LogP contribution is 2.15. The second-order valence-corrected chi connectivity index (χ2v) is 6.67. The van der Waals surface area contributed by atoms with Gasteiger partial charge in [0, 0.05) is 6.42 Å². The van der Waals surface area contributed by atoms with E-state index in [2.05, 4.69) is 6.58 Å². The molecular weight excluding hydrogens is 304 g/mol. The summed E-state index contributed by atoms with van der Waals surface area (Å²) in [5.41, 5.74) is 0. The minimum absolute atomic E-state index is 0.146. The molecule has 0 atom stereocenters. The Hall–Kier alpha value is -1.30. The fourth-order valence-electron chi connectivity index (χ4n) is 1.94. The summed E-state index contributed by atoms with van der Waals surface area (Å²) in [6, 6.07) is 0. The van der Waals surface area contributed by atoms with Crippen molar-refractivity contribution in [3.8, 4) is 0 Å². The fourth-order valence-corrected chi connectivity index (χ4v) is 2.46. The van der Waals surface area contributed by atoms with E-state index in [1.165, 1.54) is 6.42 Å². The van der Waals surface area contributed by atoms with Gasteiger partial charge in [-0.05, 0) is 26.2 Å².